The Morgan fingerprint density at radius 2 is 2.19 bits per heavy atom. The molecule has 5 nitrogen and oxygen atoms in total. The summed E-state index contributed by atoms with van der Waals surface area (Å²) in [5.74, 6) is 0.855. The van der Waals surface area contributed by atoms with Gasteiger partial charge in [-0.1, -0.05) is 12.1 Å². The van der Waals surface area contributed by atoms with Gasteiger partial charge in [0.1, 0.15) is 5.82 Å². The summed E-state index contributed by atoms with van der Waals surface area (Å²) in [6, 6.07) is 8.00. The van der Waals surface area contributed by atoms with Crippen molar-refractivity contribution < 1.29 is 4.79 Å². The highest BCUT2D eigenvalue weighted by Crippen LogP contribution is 2.27. The fraction of sp³-hybridized carbons (Fsp3) is 0.400. The van der Waals surface area contributed by atoms with Gasteiger partial charge in [0, 0.05) is 31.4 Å². The van der Waals surface area contributed by atoms with Gasteiger partial charge in [-0.2, -0.15) is 4.98 Å². The maximum Gasteiger partial charge on any atom is 0.224 e. The summed E-state index contributed by atoms with van der Waals surface area (Å²) >= 11 is 6.05. The third-order valence-electron chi connectivity index (χ3n) is 3.68. The Hall–Kier alpha value is -1.88. The van der Waals surface area contributed by atoms with E-state index in [1.54, 1.807) is 6.92 Å². The monoisotopic (exact) mass is 304 g/mol. The Bertz CT molecular complexity index is 676. The van der Waals surface area contributed by atoms with Crippen molar-refractivity contribution in [2.24, 2.45) is 0 Å². The van der Waals surface area contributed by atoms with Gasteiger partial charge in [-0.05, 0) is 36.6 Å². The maximum absolute atomic E-state index is 11.2. The lowest BCUT2D eigenvalue weighted by Crippen LogP contribution is -2.47. The second kappa shape index (κ2) is 5.85. The lowest BCUT2D eigenvalue weighted by molar-refractivity contribution is -0.119. The number of carbonyl (C=O) groups excluding carboxylic acids is 1. The summed E-state index contributed by atoms with van der Waals surface area (Å²) in [4.78, 5) is 22.1. The zero-order chi connectivity index (χ0) is 14.8. The first kappa shape index (κ1) is 14.1. The molecule has 1 saturated heterocycles. The van der Waals surface area contributed by atoms with Gasteiger partial charge in [-0.25, -0.2) is 4.98 Å². The van der Waals surface area contributed by atoms with Gasteiger partial charge in [0.25, 0.3) is 0 Å². The van der Waals surface area contributed by atoms with Gasteiger partial charge in [0.15, 0.2) is 0 Å². The molecule has 1 unspecified atom stereocenters. The third kappa shape index (κ3) is 3.08. The molecule has 0 bridgehead atoms. The van der Waals surface area contributed by atoms with Gasteiger partial charge >= 0.3 is 0 Å². The van der Waals surface area contributed by atoms with E-state index in [4.69, 9.17) is 11.6 Å². The Morgan fingerprint density at radius 3 is 3.00 bits per heavy atom. The van der Waals surface area contributed by atoms with Crippen molar-refractivity contribution in [2.45, 2.75) is 25.8 Å². The van der Waals surface area contributed by atoms with Gasteiger partial charge in [-0.3, -0.25) is 4.79 Å². The van der Waals surface area contributed by atoms with Crippen LogP contribution in [0.1, 0.15) is 19.8 Å². The lowest BCUT2D eigenvalue weighted by atomic mass is 10.1. The van der Waals surface area contributed by atoms with E-state index in [2.05, 4.69) is 20.2 Å². The molecule has 1 atom stereocenters. The normalized spacial score (nSPS) is 18.8. The molecular formula is C15H17ClN4O. The molecular weight excluding hydrogens is 288 g/mol. The minimum absolute atomic E-state index is 0.00688. The predicted octanol–water partition coefficient (Wildman–Crippen LogP) is 2.39. The number of nitrogens with one attached hydrogen (secondary N) is 1. The van der Waals surface area contributed by atoms with Crippen LogP contribution in [0, 0.1) is 0 Å². The van der Waals surface area contributed by atoms with Crippen molar-refractivity contribution in [3.05, 3.63) is 29.5 Å². The number of fused-ring (bicyclic) bond motifs is 1. The number of carbonyl (C=O) groups is 1. The summed E-state index contributed by atoms with van der Waals surface area (Å²) in [7, 11) is 0. The number of benzene rings is 1. The van der Waals surface area contributed by atoms with Crippen molar-refractivity contribution in [2.75, 3.05) is 18.0 Å². The third-order valence-corrected chi connectivity index (χ3v) is 3.85. The van der Waals surface area contributed by atoms with Gasteiger partial charge in [0.2, 0.25) is 11.2 Å². The first-order valence-corrected chi connectivity index (χ1v) is 7.45. The largest absolute Gasteiger partial charge is 0.354 e. The molecule has 21 heavy (non-hydrogen) atoms. The van der Waals surface area contributed by atoms with Gasteiger partial charge in [-0.15, -0.1) is 0 Å². The van der Waals surface area contributed by atoms with Crippen LogP contribution >= 0.6 is 11.6 Å². The summed E-state index contributed by atoms with van der Waals surface area (Å²) in [6.07, 6.45) is 2.01. The molecule has 2 aromatic rings. The van der Waals surface area contributed by atoms with Crippen molar-refractivity contribution in [3.63, 3.8) is 0 Å². The van der Waals surface area contributed by atoms with E-state index in [0.29, 0.717) is 0 Å². The molecule has 0 saturated carbocycles. The van der Waals surface area contributed by atoms with Crippen LogP contribution in [0.2, 0.25) is 5.28 Å². The first-order chi connectivity index (χ1) is 10.1. The average molecular weight is 305 g/mol. The van der Waals surface area contributed by atoms with Crippen LogP contribution < -0.4 is 10.2 Å². The Kier molecular flexibility index (Phi) is 3.92. The average Bonchev–Trinajstić information content (AvgIpc) is 2.46. The number of piperidine rings is 1. The predicted molar refractivity (Wildman–Crippen MR) is 83.6 cm³/mol. The smallest absolute Gasteiger partial charge is 0.224 e. The number of halogens is 1. The quantitative estimate of drug-likeness (QED) is 0.866. The number of nitrogens with zero attached hydrogens (tertiary/aromatic N) is 3. The molecule has 0 spiro atoms. The number of hydrogen-bond donors (Lipinski definition) is 1. The van der Waals surface area contributed by atoms with E-state index < -0.39 is 0 Å². The molecule has 1 aromatic carbocycles. The standard InChI is InChI=1S/C15H17ClN4O/c1-10(21)17-11-5-4-8-20(9-11)14-12-6-2-3-7-13(12)18-15(16)19-14/h2-3,6-7,11H,4-5,8-9H2,1H3,(H,17,21). The van der Waals surface area contributed by atoms with E-state index in [1.165, 1.54) is 0 Å². The zero-order valence-electron chi connectivity index (χ0n) is 11.8. The minimum atomic E-state index is 0.00688. The molecule has 1 aliphatic rings. The molecule has 1 amide bonds. The second-order valence-corrected chi connectivity index (χ2v) is 5.66. The van der Waals surface area contributed by atoms with E-state index in [9.17, 15) is 4.79 Å². The van der Waals surface area contributed by atoms with Crippen molar-refractivity contribution in [1.29, 1.82) is 0 Å². The molecule has 0 radical (unpaired) electrons. The number of hydrogen-bond acceptors (Lipinski definition) is 4. The number of anilines is 1. The number of para-hydroxylation sites is 1. The van der Waals surface area contributed by atoms with Crippen LogP contribution in [0.25, 0.3) is 10.9 Å². The summed E-state index contributed by atoms with van der Waals surface area (Å²) in [5.41, 5.74) is 0.842. The van der Waals surface area contributed by atoms with E-state index >= 15 is 0 Å². The second-order valence-electron chi connectivity index (χ2n) is 5.32. The first-order valence-electron chi connectivity index (χ1n) is 7.08. The fourth-order valence-corrected chi connectivity index (χ4v) is 3.02. The molecule has 1 aromatic heterocycles. The minimum Gasteiger partial charge on any atom is -0.354 e. The van der Waals surface area contributed by atoms with Crippen LogP contribution in [-0.2, 0) is 4.79 Å². The van der Waals surface area contributed by atoms with E-state index in [-0.39, 0.29) is 17.2 Å². The van der Waals surface area contributed by atoms with Crippen LogP contribution in [-0.4, -0.2) is 35.0 Å². The number of rotatable bonds is 2. The van der Waals surface area contributed by atoms with Crippen LogP contribution in [0.15, 0.2) is 24.3 Å². The van der Waals surface area contributed by atoms with Crippen LogP contribution in [0.5, 0.6) is 0 Å². The highest BCUT2D eigenvalue weighted by atomic mass is 35.5. The molecule has 3 rings (SSSR count). The van der Waals surface area contributed by atoms with E-state index in [0.717, 1.165) is 42.7 Å². The summed E-state index contributed by atoms with van der Waals surface area (Å²) < 4.78 is 0. The maximum atomic E-state index is 11.2. The Balaban J connectivity index is 1.94. The lowest BCUT2D eigenvalue weighted by Gasteiger charge is -2.34. The highest BCUT2D eigenvalue weighted by molar-refractivity contribution is 6.28. The Labute approximate surface area is 128 Å². The molecule has 0 aliphatic carbocycles. The zero-order valence-corrected chi connectivity index (χ0v) is 12.6. The molecule has 1 fully saturated rings. The molecule has 1 N–H and O–H groups in total. The van der Waals surface area contributed by atoms with Crippen molar-refractivity contribution >= 4 is 34.2 Å². The summed E-state index contributed by atoms with van der Waals surface area (Å²) in [6.45, 7) is 3.21. The number of aromatic nitrogens is 2. The van der Waals surface area contributed by atoms with Gasteiger partial charge in [0.05, 0.1) is 5.52 Å². The molecule has 2 heterocycles. The Morgan fingerprint density at radius 1 is 1.38 bits per heavy atom. The van der Waals surface area contributed by atoms with Crippen molar-refractivity contribution in [3.8, 4) is 0 Å². The SMILES string of the molecule is CC(=O)NC1CCCN(c2nc(Cl)nc3ccccc23)C1. The van der Waals surface area contributed by atoms with Crippen LogP contribution in [0.3, 0.4) is 0 Å². The van der Waals surface area contributed by atoms with Gasteiger partial charge < -0.3 is 10.2 Å². The van der Waals surface area contributed by atoms with Crippen LogP contribution in [0.4, 0.5) is 5.82 Å². The van der Waals surface area contributed by atoms with Crippen molar-refractivity contribution in [1.82, 2.24) is 15.3 Å². The molecule has 110 valence electrons. The summed E-state index contributed by atoms with van der Waals surface area (Å²) in [5, 5.41) is 4.23. The number of amides is 1. The highest BCUT2D eigenvalue weighted by Gasteiger charge is 2.23. The van der Waals surface area contributed by atoms with E-state index in [1.807, 2.05) is 24.3 Å². The molecule has 6 heteroatoms. The molecule has 1 aliphatic heterocycles. The fourth-order valence-electron chi connectivity index (χ4n) is 2.85. The topological polar surface area (TPSA) is 58.1 Å².